The number of aromatic nitrogens is 1. The van der Waals surface area contributed by atoms with E-state index in [9.17, 15) is 0 Å². The van der Waals surface area contributed by atoms with Crippen molar-refractivity contribution in [3.05, 3.63) is 12.1 Å². The SMILES string of the molecule is CC(C)CCCC(C)Nc1ccc(N)c(OCC2CC2)n1. The first-order chi connectivity index (χ1) is 10.0. The number of rotatable bonds is 9. The van der Waals surface area contributed by atoms with E-state index in [0.717, 1.165) is 24.8 Å². The van der Waals surface area contributed by atoms with Crippen molar-refractivity contribution in [3.8, 4) is 5.88 Å². The van der Waals surface area contributed by atoms with Crippen LogP contribution in [0.15, 0.2) is 12.1 Å². The van der Waals surface area contributed by atoms with Crippen LogP contribution in [0.1, 0.15) is 52.9 Å². The van der Waals surface area contributed by atoms with Crippen molar-refractivity contribution >= 4 is 11.5 Å². The molecule has 4 heteroatoms. The molecule has 0 spiro atoms. The molecule has 118 valence electrons. The summed E-state index contributed by atoms with van der Waals surface area (Å²) in [5, 5.41) is 3.44. The molecule has 0 saturated heterocycles. The number of nitrogens with zero attached hydrogens (tertiary/aromatic N) is 1. The predicted molar refractivity (Wildman–Crippen MR) is 88.6 cm³/mol. The molecule has 4 nitrogen and oxygen atoms in total. The van der Waals surface area contributed by atoms with Crippen molar-refractivity contribution in [2.24, 2.45) is 11.8 Å². The molecule has 0 radical (unpaired) electrons. The molecular formula is C17H29N3O. The molecule has 0 bridgehead atoms. The lowest BCUT2D eigenvalue weighted by Gasteiger charge is -2.16. The van der Waals surface area contributed by atoms with Crippen LogP contribution in [-0.2, 0) is 0 Å². The van der Waals surface area contributed by atoms with E-state index >= 15 is 0 Å². The molecule has 1 unspecified atom stereocenters. The Kier molecular flexibility index (Phi) is 5.71. The van der Waals surface area contributed by atoms with Crippen LogP contribution in [0.25, 0.3) is 0 Å². The van der Waals surface area contributed by atoms with Gasteiger partial charge in [0, 0.05) is 6.04 Å². The second kappa shape index (κ2) is 7.53. The first kappa shape index (κ1) is 15.9. The molecule has 1 aromatic rings. The third-order valence-corrected chi connectivity index (χ3v) is 3.86. The Balaban J connectivity index is 1.82. The molecule has 0 aromatic carbocycles. The monoisotopic (exact) mass is 291 g/mol. The second-order valence-corrected chi connectivity index (χ2v) is 6.72. The first-order valence-electron chi connectivity index (χ1n) is 8.20. The smallest absolute Gasteiger partial charge is 0.239 e. The Morgan fingerprint density at radius 3 is 2.71 bits per heavy atom. The fourth-order valence-electron chi connectivity index (χ4n) is 2.29. The standard InChI is InChI=1S/C17H29N3O/c1-12(2)5-4-6-13(3)19-16-10-9-15(18)17(20-16)21-11-14-7-8-14/h9-10,12-14H,4-8,11,18H2,1-3H3,(H,19,20). The van der Waals surface area contributed by atoms with Gasteiger partial charge in [0.15, 0.2) is 0 Å². The number of hydrogen-bond acceptors (Lipinski definition) is 4. The van der Waals surface area contributed by atoms with Gasteiger partial charge in [0.05, 0.1) is 12.3 Å². The van der Waals surface area contributed by atoms with Crippen LogP contribution >= 0.6 is 0 Å². The Hall–Kier alpha value is -1.45. The fraction of sp³-hybridized carbons (Fsp3) is 0.706. The molecule has 1 aliphatic carbocycles. The van der Waals surface area contributed by atoms with E-state index < -0.39 is 0 Å². The van der Waals surface area contributed by atoms with Gasteiger partial charge in [0.1, 0.15) is 5.82 Å². The van der Waals surface area contributed by atoms with Gasteiger partial charge in [-0.15, -0.1) is 0 Å². The Bertz CT molecular complexity index is 444. The van der Waals surface area contributed by atoms with Gasteiger partial charge in [-0.25, -0.2) is 0 Å². The lowest BCUT2D eigenvalue weighted by atomic mass is 10.0. The molecular weight excluding hydrogens is 262 g/mol. The molecule has 1 atom stereocenters. The summed E-state index contributed by atoms with van der Waals surface area (Å²) in [6, 6.07) is 4.22. The number of hydrogen-bond donors (Lipinski definition) is 2. The van der Waals surface area contributed by atoms with E-state index in [1.165, 1.54) is 25.7 Å². The van der Waals surface area contributed by atoms with Crippen LogP contribution in [0.3, 0.4) is 0 Å². The Morgan fingerprint density at radius 2 is 2.05 bits per heavy atom. The van der Waals surface area contributed by atoms with Crippen LogP contribution in [0, 0.1) is 11.8 Å². The average Bonchev–Trinajstić information content (AvgIpc) is 3.23. The van der Waals surface area contributed by atoms with Crippen LogP contribution in [0.5, 0.6) is 5.88 Å². The van der Waals surface area contributed by atoms with Crippen LogP contribution in [-0.4, -0.2) is 17.6 Å². The van der Waals surface area contributed by atoms with Gasteiger partial charge < -0.3 is 15.8 Å². The van der Waals surface area contributed by atoms with Crippen molar-refractivity contribution in [3.63, 3.8) is 0 Å². The molecule has 1 fully saturated rings. The zero-order valence-electron chi connectivity index (χ0n) is 13.6. The van der Waals surface area contributed by atoms with Gasteiger partial charge in [-0.2, -0.15) is 4.98 Å². The number of anilines is 2. The number of pyridine rings is 1. The molecule has 0 aliphatic heterocycles. The predicted octanol–water partition coefficient (Wildman–Crippen LogP) is 4.08. The van der Waals surface area contributed by atoms with Gasteiger partial charge >= 0.3 is 0 Å². The van der Waals surface area contributed by atoms with E-state index in [1.54, 1.807) is 0 Å². The van der Waals surface area contributed by atoms with Gasteiger partial charge in [-0.3, -0.25) is 0 Å². The average molecular weight is 291 g/mol. The summed E-state index contributed by atoms with van der Waals surface area (Å²) in [5.41, 5.74) is 6.54. The summed E-state index contributed by atoms with van der Waals surface area (Å²) in [5.74, 6) is 2.90. The Morgan fingerprint density at radius 1 is 1.29 bits per heavy atom. The minimum Gasteiger partial charge on any atom is -0.476 e. The zero-order chi connectivity index (χ0) is 15.2. The van der Waals surface area contributed by atoms with Crippen LogP contribution < -0.4 is 15.8 Å². The minimum absolute atomic E-state index is 0.413. The van der Waals surface area contributed by atoms with Crippen molar-refractivity contribution in [1.29, 1.82) is 0 Å². The third-order valence-electron chi connectivity index (χ3n) is 3.86. The largest absolute Gasteiger partial charge is 0.476 e. The highest BCUT2D eigenvalue weighted by atomic mass is 16.5. The summed E-state index contributed by atoms with van der Waals surface area (Å²) in [4.78, 5) is 4.50. The second-order valence-electron chi connectivity index (χ2n) is 6.72. The summed E-state index contributed by atoms with van der Waals surface area (Å²) < 4.78 is 5.72. The van der Waals surface area contributed by atoms with Crippen LogP contribution in [0.2, 0.25) is 0 Å². The quantitative estimate of drug-likeness (QED) is 0.719. The summed E-state index contributed by atoms with van der Waals surface area (Å²) >= 11 is 0. The van der Waals surface area contributed by atoms with E-state index in [1.807, 2.05) is 12.1 Å². The molecule has 21 heavy (non-hydrogen) atoms. The van der Waals surface area contributed by atoms with Gasteiger partial charge in [-0.1, -0.05) is 26.7 Å². The fourth-order valence-corrected chi connectivity index (χ4v) is 2.29. The number of nitrogens with two attached hydrogens (primary N) is 1. The van der Waals surface area contributed by atoms with E-state index in [2.05, 4.69) is 31.1 Å². The third kappa shape index (κ3) is 5.82. The summed E-state index contributed by atoms with van der Waals surface area (Å²) in [7, 11) is 0. The highest BCUT2D eigenvalue weighted by Gasteiger charge is 2.22. The maximum Gasteiger partial charge on any atom is 0.239 e. The molecule has 3 N–H and O–H groups in total. The van der Waals surface area contributed by atoms with Crippen molar-refractivity contribution in [2.45, 2.75) is 58.9 Å². The number of nitrogen functional groups attached to an aromatic ring is 1. The molecule has 1 aliphatic rings. The van der Waals surface area contributed by atoms with E-state index in [4.69, 9.17) is 10.5 Å². The minimum atomic E-state index is 0.413. The number of nitrogens with one attached hydrogen (secondary N) is 1. The highest BCUT2D eigenvalue weighted by Crippen LogP contribution is 2.30. The summed E-state index contributed by atoms with van der Waals surface area (Å²) in [6.45, 7) is 7.47. The maximum atomic E-state index is 5.93. The van der Waals surface area contributed by atoms with E-state index in [0.29, 0.717) is 23.5 Å². The topological polar surface area (TPSA) is 60.2 Å². The first-order valence-corrected chi connectivity index (χ1v) is 8.20. The van der Waals surface area contributed by atoms with E-state index in [-0.39, 0.29) is 0 Å². The summed E-state index contributed by atoms with van der Waals surface area (Å²) in [6.07, 6.45) is 6.21. The normalized spacial score (nSPS) is 16.0. The van der Waals surface area contributed by atoms with Gasteiger partial charge in [0.2, 0.25) is 5.88 Å². The highest BCUT2D eigenvalue weighted by molar-refractivity contribution is 5.53. The molecule has 1 aromatic heterocycles. The van der Waals surface area contributed by atoms with Crippen molar-refractivity contribution in [1.82, 2.24) is 4.98 Å². The van der Waals surface area contributed by atoms with Crippen LogP contribution in [0.4, 0.5) is 11.5 Å². The lowest BCUT2D eigenvalue weighted by molar-refractivity contribution is 0.290. The van der Waals surface area contributed by atoms with Gasteiger partial charge in [-0.05, 0) is 50.2 Å². The number of ether oxygens (including phenoxy) is 1. The van der Waals surface area contributed by atoms with Gasteiger partial charge in [0.25, 0.3) is 0 Å². The molecule has 1 saturated carbocycles. The van der Waals surface area contributed by atoms with Crippen molar-refractivity contribution < 1.29 is 4.74 Å². The zero-order valence-corrected chi connectivity index (χ0v) is 13.6. The molecule has 0 amide bonds. The molecule has 2 rings (SSSR count). The van der Waals surface area contributed by atoms with Crippen molar-refractivity contribution in [2.75, 3.05) is 17.7 Å². The molecule has 1 heterocycles. The Labute approximate surface area is 128 Å². The maximum absolute atomic E-state index is 5.93. The lowest BCUT2D eigenvalue weighted by Crippen LogP contribution is -2.16.